The first-order valence-corrected chi connectivity index (χ1v) is 5.19. The van der Waals surface area contributed by atoms with E-state index in [1.165, 1.54) is 24.0 Å². The Morgan fingerprint density at radius 1 is 1.43 bits per heavy atom. The van der Waals surface area contributed by atoms with Crippen LogP contribution in [-0.4, -0.2) is 13.7 Å². The van der Waals surface area contributed by atoms with E-state index in [-0.39, 0.29) is 0 Å². The first-order chi connectivity index (χ1) is 6.81. The molecule has 2 rings (SSSR count). The summed E-state index contributed by atoms with van der Waals surface area (Å²) in [6.45, 7) is 3.21. The van der Waals surface area contributed by atoms with Gasteiger partial charge in [-0.2, -0.15) is 0 Å². The second kappa shape index (κ2) is 4.01. The fourth-order valence-electron chi connectivity index (χ4n) is 2.02. The fourth-order valence-corrected chi connectivity index (χ4v) is 2.02. The van der Waals surface area contributed by atoms with Gasteiger partial charge in [0.1, 0.15) is 5.75 Å². The third-order valence-corrected chi connectivity index (χ3v) is 2.89. The minimum absolute atomic E-state index is 0.532. The lowest BCUT2D eigenvalue weighted by Gasteiger charge is -2.13. The van der Waals surface area contributed by atoms with E-state index in [0.717, 1.165) is 12.3 Å². The molecule has 2 nitrogen and oxygen atoms in total. The van der Waals surface area contributed by atoms with Gasteiger partial charge in [-0.25, -0.2) is 0 Å². The fraction of sp³-hybridized carbons (Fsp3) is 0.500. The first-order valence-electron chi connectivity index (χ1n) is 5.19. The summed E-state index contributed by atoms with van der Waals surface area (Å²) in [7, 11) is 1.73. The Bertz CT molecular complexity index is 316. The van der Waals surface area contributed by atoms with Crippen molar-refractivity contribution in [2.75, 3.05) is 13.7 Å². The Labute approximate surface area is 85.3 Å². The topological polar surface area (TPSA) is 21.3 Å². The number of ether oxygens (including phenoxy) is 1. The summed E-state index contributed by atoms with van der Waals surface area (Å²) in [5.74, 6) is 0.996. The zero-order valence-corrected chi connectivity index (χ0v) is 8.84. The highest BCUT2D eigenvalue weighted by atomic mass is 16.5. The number of aryl methyl sites for hydroxylation is 1. The summed E-state index contributed by atoms with van der Waals surface area (Å²) in [5.41, 5.74) is 2.55. The second-order valence-electron chi connectivity index (χ2n) is 3.88. The van der Waals surface area contributed by atoms with Crippen LogP contribution < -0.4 is 10.1 Å². The maximum absolute atomic E-state index is 5.32. The van der Waals surface area contributed by atoms with Crippen molar-refractivity contribution in [1.82, 2.24) is 5.32 Å². The van der Waals surface area contributed by atoms with E-state index in [9.17, 15) is 0 Å². The van der Waals surface area contributed by atoms with E-state index < -0.39 is 0 Å². The SMILES string of the molecule is COc1cc([C@H]2CCCN2)ccc1C. The number of benzene rings is 1. The van der Waals surface area contributed by atoms with Crippen molar-refractivity contribution in [3.8, 4) is 5.75 Å². The standard InChI is InChI=1S/C12H17NO/c1-9-5-6-10(8-12(9)14-2)11-4-3-7-13-11/h5-6,8,11,13H,3-4,7H2,1-2H3/t11-/m1/s1. The molecule has 0 saturated carbocycles. The molecule has 14 heavy (non-hydrogen) atoms. The molecule has 2 heteroatoms. The lowest BCUT2D eigenvalue weighted by atomic mass is 10.0. The van der Waals surface area contributed by atoms with Crippen LogP contribution in [0.1, 0.15) is 30.0 Å². The summed E-state index contributed by atoms with van der Waals surface area (Å²) >= 11 is 0. The molecule has 1 aromatic carbocycles. The van der Waals surface area contributed by atoms with Crippen LogP contribution in [0.4, 0.5) is 0 Å². The summed E-state index contributed by atoms with van der Waals surface area (Å²) in [6.07, 6.45) is 2.52. The van der Waals surface area contributed by atoms with Crippen molar-refractivity contribution in [1.29, 1.82) is 0 Å². The molecule has 1 atom stereocenters. The molecule has 0 amide bonds. The van der Waals surface area contributed by atoms with Crippen molar-refractivity contribution in [2.24, 2.45) is 0 Å². The van der Waals surface area contributed by atoms with Crippen molar-refractivity contribution >= 4 is 0 Å². The number of methoxy groups -OCH3 is 1. The van der Waals surface area contributed by atoms with Crippen LogP contribution in [0, 0.1) is 6.92 Å². The average molecular weight is 191 g/mol. The Morgan fingerprint density at radius 3 is 2.93 bits per heavy atom. The van der Waals surface area contributed by atoms with Crippen molar-refractivity contribution in [2.45, 2.75) is 25.8 Å². The molecule has 1 heterocycles. The van der Waals surface area contributed by atoms with Gasteiger partial charge in [-0.05, 0) is 43.5 Å². The second-order valence-corrected chi connectivity index (χ2v) is 3.88. The van der Waals surface area contributed by atoms with Crippen LogP contribution in [0.3, 0.4) is 0 Å². The Kier molecular flexibility index (Phi) is 2.73. The molecule has 1 N–H and O–H groups in total. The van der Waals surface area contributed by atoms with Crippen LogP contribution in [0.5, 0.6) is 5.75 Å². The molecule has 0 unspecified atom stereocenters. The van der Waals surface area contributed by atoms with E-state index in [2.05, 4.69) is 30.4 Å². The summed E-state index contributed by atoms with van der Waals surface area (Å²) in [6, 6.07) is 7.01. The van der Waals surface area contributed by atoms with Crippen LogP contribution >= 0.6 is 0 Å². The number of nitrogens with one attached hydrogen (secondary N) is 1. The van der Waals surface area contributed by atoms with E-state index in [1.54, 1.807) is 7.11 Å². The molecule has 0 radical (unpaired) electrons. The van der Waals surface area contributed by atoms with E-state index in [1.807, 2.05) is 0 Å². The molecule has 0 aliphatic carbocycles. The van der Waals surface area contributed by atoms with Gasteiger partial charge in [0.05, 0.1) is 7.11 Å². The van der Waals surface area contributed by atoms with Gasteiger partial charge in [0, 0.05) is 6.04 Å². The monoisotopic (exact) mass is 191 g/mol. The number of hydrogen-bond donors (Lipinski definition) is 1. The molecule has 0 spiro atoms. The third-order valence-electron chi connectivity index (χ3n) is 2.89. The van der Waals surface area contributed by atoms with E-state index >= 15 is 0 Å². The zero-order chi connectivity index (χ0) is 9.97. The van der Waals surface area contributed by atoms with Gasteiger partial charge in [-0.15, -0.1) is 0 Å². The van der Waals surface area contributed by atoms with Gasteiger partial charge >= 0.3 is 0 Å². The van der Waals surface area contributed by atoms with Gasteiger partial charge < -0.3 is 10.1 Å². The number of rotatable bonds is 2. The van der Waals surface area contributed by atoms with Crippen molar-refractivity contribution in [3.05, 3.63) is 29.3 Å². The zero-order valence-electron chi connectivity index (χ0n) is 8.84. The Morgan fingerprint density at radius 2 is 2.29 bits per heavy atom. The van der Waals surface area contributed by atoms with Gasteiger partial charge in [0.2, 0.25) is 0 Å². The molecule has 0 bridgehead atoms. The highest BCUT2D eigenvalue weighted by molar-refractivity contribution is 5.38. The lowest BCUT2D eigenvalue weighted by Crippen LogP contribution is -2.12. The molecule has 0 aromatic heterocycles. The maximum atomic E-state index is 5.32. The van der Waals surface area contributed by atoms with E-state index in [0.29, 0.717) is 6.04 Å². The Balaban J connectivity index is 2.25. The van der Waals surface area contributed by atoms with Crippen molar-refractivity contribution < 1.29 is 4.74 Å². The predicted molar refractivity (Wildman–Crippen MR) is 57.7 cm³/mol. The molecule has 1 aliphatic heterocycles. The molecule has 1 aliphatic rings. The van der Waals surface area contributed by atoms with Crippen LogP contribution in [0.25, 0.3) is 0 Å². The van der Waals surface area contributed by atoms with E-state index in [4.69, 9.17) is 4.74 Å². The van der Waals surface area contributed by atoms with Gasteiger partial charge in [-0.3, -0.25) is 0 Å². The van der Waals surface area contributed by atoms with Crippen LogP contribution in [0.2, 0.25) is 0 Å². The lowest BCUT2D eigenvalue weighted by molar-refractivity contribution is 0.410. The first kappa shape index (κ1) is 9.53. The molecule has 1 fully saturated rings. The normalized spacial score (nSPS) is 21.1. The van der Waals surface area contributed by atoms with Crippen LogP contribution in [0.15, 0.2) is 18.2 Å². The highest BCUT2D eigenvalue weighted by Gasteiger charge is 2.16. The molecular formula is C12H17NO. The largest absolute Gasteiger partial charge is 0.496 e. The van der Waals surface area contributed by atoms with Crippen molar-refractivity contribution in [3.63, 3.8) is 0 Å². The number of hydrogen-bond acceptors (Lipinski definition) is 2. The quantitative estimate of drug-likeness (QED) is 0.775. The minimum Gasteiger partial charge on any atom is -0.496 e. The molecule has 76 valence electrons. The summed E-state index contributed by atoms with van der Waals surface area (Å²) in [5, 5.41) is 3.49. The van der Waals surface area contributed by atoms with Gasteiger partial charge in [0.15, 0.2) is 0 Å². The van der Waals surface area contributed by atoms with Gasteiger partial charge in [0.25, 0.3) is 0 Å². The summed E-state index contributed by atoms with van der Waals surface area (Å²) < 4.78 is 5.32. The molecule has 1 aromatic rings. The summed E-state index contributed by atoms with van der Waals surface area (Å²) in [4.78, 5) is 0. The smallest absolute Gasteiger partial charge is 0.122 e. The maximum Gasteiger partial charge on any atom is 0.122 e. The average Bonchev–Trinajstić information content (AvgIpc) is 2.71. The minimum atomic E-state index is 0.532. The Hall–Kier alpha value is -1.02. The molecular weight excluding hydrogens is 174 g/mol. The predicted octanol–water partition coefficient (Wildman–Crippen LogP) is 2.43. The van der Waals surface area contributed by atoms with Crippen LogP contribution in [-0.2, 0) is 0 Å². The van der Waals surface area contributed by atoms with Gasteiger partial charge in [-0.1, -0.05) is 12.1 Å². The third kappa shape index (κ3) is 1.75. The highest BCUT2D eigenvalue weighted by Crippen LogP contribution is 2.27. The molecule has 1 saturated heterocycles.